The molecular formula is C12H17NO3. The highest BCUT2D eigenvalue weighted by Crippen LogP contribution is 2.25. The van der Waals surface area contributed by atoms with Crippen LogP contribution in [0.3, 0.4) is 0 Å². The van der Waals surface area contributed by atoms with Gasteiger partial charge in [-0.25, -0.2) is 4.79 Å². The van der Waals surface area contributed by atoms with E-state index in [0.29, 0.717) is 0 Å². The number of rotatable bonds is 2. The first-order valence-corrected chi connectivity index (χ1v) is 5.23. The molecule has 0 aliphatic heterocycles. The minimum absolute atomic E-state index is 0.147. The van der Waals surface area contributed by atoms with E-state index in [1.165, 1.54) is 6.20 Å². The number of carbonyl (C=O) groups excluding carboxylic acids is 1. The lowest BCUT2D eigenvalue weighted by Crippen LogP contribution is -2.15. The van der Waals surface area contributed by atoms with Gasteiger partial charge in [-0.3, -0.25) is 4.98 Å². The fraction of sp³-hybridized carbons (Fsp3) is 0.500. The summed E-state index contributed by atoms with van der Waals surface area (Å²) in [5.41, 5.74) is 0.740. The number of nitrogens with zero attached hydrogens (tertiary/aromatic N) is 1. The van der Waals surface area contributed by atoms with Crippen molar-refractivity contribution in [1.82, 2.24) is 4.98 Å². The van der Waals surface area contributed by atoms with Gasteiger partial charge < -0.3 is 9.84 Å². The van der Waals surface area contributed by atoms with Crippen LogP contribution in [0.1, 0.15) is 43.7 Å². The van der Waals surface area contributed by atoms with Crippen molar-refractivity contribution in [3.8, 4) is 5.75 Å². The third kappa shape index (κ3) is 2.72. The zero-order valence-electron chi connectivity index (χ0n) is 10.1. The molecule has 0 radical (unpaired) electrons. The molecule has 4 heteroatoms. The molecule has 1 aromatic rings. The van der Waals surface area contributed by atoms with Crippen LogP contribution in [-0.4, -0.2) is 22.7 Å². The third-order valence-electron chi connectivity index (χ3n) is 2.15. The van der Waals surface area contributed by atoms with Gasteiger partial charge in [-0.15, -0.1) is 0 Å². The van der Waals surface area contributed by atoms with Crippen molar-refractivity contribution in [1.29, 1.82) is 0 Å². The Hall–Kier alpha value is -1.58. The van der Waals surface area contributed by atoms with Gasteiger partial charge in [0.1, 0.15) is 11.3 Å². The lowest BCUT2D eigenvalue weighted by atomic mass is 9.91. The smallest absolute Gasteiger partial charge is 0.342 e. The molecule has 0 unspecified atom stereocenters. The number of pyridine rings is 1. The molecule has 0 saturated heterocycles. The zero-order chi connectivity index (χ0) is 12.3. The van der Waals surface area contributed by atoms with Gasteiger partial charge in [-0.05, 0) is 13.0 Å². The molecule has 1 N–H and O–H groups in total. The van der Waals surface area contributed by atoms with E-state index in [2.05, 4.69) is 4.98 Å². The first-order chi connectivity index (χ1) is 7.36. The van der Waals surface area contributed by atoms with E-state index in [1.807, 2.05) is 20.8 Å². The topological polar surface area (TPSA) is 59.4 Å². The van der Waals surface area contributed by atoms with Gasteiger partial charge in [0.05, 0.1) is 12.8 Å². The summed E-state index contributed by atoms with van der Waals surface area (Å²) in [6.07, 6.45) is 1.28. The van der Waals surface area contributed by atoms with E-state index in [4.69, 9.17) is 4.74 Å². The highest BCUT2D eigenvalue weighted by atomic mass is 16.5. The average Bonchev–Trinajstić information content (AvgIpc) is 2.16. The van der Waals surface area contributed by atoms with Crippen LogP contribution in [0.25, 0.3) is 0 Å². The Morgan fingerprint density at radius 1 is 1.50 bits per heavy atom. The Bertz CT molecular complexity index is 394. The van der Waals surface area contributed by atoms with Crippen molar-refractivity contribution >= 4 is 5.97 Å². The van der Waals surface area contributed by atoms with Crippen molar-refractivity contribution in [3.05, 3.63) is 23.5 Å². The van der Waals surface area contributed by atoms with E-state index in [0.717, 1.165) is 5.69 Å². The van der Waals surface area contributed by atoms with Crippen LogP contribution in [0.15, 0.2) is 12.3 Å². The van der Waals surface area contributed by atoms with Gasteiger partial charge in [-0.2, -0.15) is 0 Å². The van der Waals surface area contributed by atoms with E-state index < -0.39 is 5.97 Å². The Morgan fingerprint density at radius 3 is 2.62 bits per heavy atom. The van der Waals surface area contributed by atoms with Gasteiger partial charge in [0.25, 0.3) is 0 Å². The third-order valence-corrected chi connectivity index (χ3v) is 2.15. The summed E-state index contributed by atoms with van der Waals surface area (Å²) >= 11 is 0. The standard InChI is InChI=1S/C12H17NO3/c1-5-16-11(15)8-6-10(12(2,3)4)13-7-9(8)14/h6-7,14H,5H2,1-4H3. The van der Waals surface area contributed by atoms with Gasteiger partial charge >= 0.3 is 5.97 Å². The second-order valence-corrected chi connectivity index (χ2v) is 4.56. The normalized spacial score (nSPS) is 11.2. The molecule has 0 aliphatic carbocycles. The number of hydrogen-bond donors (Lipinski definition) is 1. The summed E-state index contributed by atoms with van der Waals surface area (Å²) in [4.78, 5) is 15.6. The summed E-state index contributed by atoms with van der Waals surface area (Å²) in [6.45, 7) is 7.97. The fourth-order valence-electron chi connectivity index (χ4n) is 1.23. The summed E-state index contributed by atoms with van der Waals surface area (Å²) < 4.78 is 4.85. The molecule has 1 heterocycles. The second kappa shape index (κ2) is 4.51. The number of hydrogen-bond acceptors (Lipinski definition) is 4. The quantitative estimate of drug-likeness (QED) is 0.781. The summed E-state index contributed by atoms with van der Waals surface area (Å²) in [7, 11) is 0. The molecule has 0 fully saturated rings. The van der Waals surface area contributed by atoms with Crippen LogP contribution in [0.2, 0.25) is 0 Å². The first-order valence-electron chi connectivity index (χ1n) is 5.23. The molecule has 0 amide bonds. The van der Waals surface area contributed by atoms with E-state index >= 15 is 0 Å². The van der Waals surface area contributed by atoms with Crippen LogP contribution < -0.4 is 0 Å². The Morgan fingerprint density at radius 2 is 2.12 bits per heavy atom. The SMILES string of the molecule is CCOC(=O)c1cc(C(C)(C)C)ncc1O. The molecular weight excluding hydrogens is 206 g/mol. The maximum absolute atomic E-state index is 11.5. The van der Waals surface area contributed by atoms with Gasteiger partial charge in [0.15, 0.2) is 0 Å². The van der Waals surface area contributed by atoms with Crippen molar-refractivity contribution in [2.24, 2.45) is 0 Å². The van der Waals surface area contributed by atoms with Gasteiger partial charge in [-0.1, -0.05) is 20.8 Å². The first kappa shape index (κ1) is 12.5. The number of ether oxygens (including phenoxy) is 1. The molecule has 0 saturated carbocycles. The number of carbonyl (C=O) groups is 1. The van der Waals surface area contributed by atoms with E-state index in [-0.39, 0.29) is 23.3 Å². The van der Waals surface area contributed by atoms with Crippen LogP contribution in [0, 0.1) is 0 Å². The molecule has 88 valence electrons. The lowest BCUT2D eigenvalue weighted by molar-refractivity contribution is 0.0522. The summed E-state index contributed by atoms with van der Waals surface area (Å²) in [5.74, 6) is -0.667. The average molecular weight is 223 g/mol. The molecule has 0 atom stereocenters. The maximum Gasteiger partial charge on any atom is 0.342 e. The van der Waals surface area contributed by atoms with Crippen molar-refractivity contribution in [3.63, 3.8) is 0 Å². The number of aromatic hydroxyl groups is 1. The predicted octanol–water partition coefficient (Wildman–Crippen LogP) is 2.26. The Balaban J connectivity index is 3.14. The Kier molecular flexibility index (Phi) is 3.52. The van der Waals surface area contributed by atoms with Crippen molar-refractivity contribution in [2.45, 2.75) is 33.1 Å². The maximum atomic E-state index is 11.5. The predicted molar refractivity (Wildman–Crippen MR) is 60.6 cm³/mol. The summed E-state index contributed by atoms with van der Waals surface area (Å²) in [5, 5.41) is 9.53. The zero-order valence-corrected chi connectivity index (χ0v) is 10.1. The molecule has 0 bridgehead atoms. The van der Waals surface area contributed by atoms with Crippen LogP contribution in [0.4, 0.5) is 0 Å². The Labute approximate surface area is 95.3 Å². The molecule has 0 aliphatic rings. The molecule has 1 rings (SSSR count). The van der Waals surface area contributed by atoms with Crippen LogP contribution >= 0.6 is 0 Å². The van der Waals surface area contributed by atoms with Gasteiger partial charge in [0, 0.05) is 11.1 Å². The molecule has 0 aromatic carbocycles. The van der Waals surface area contributed by atoms with E-state index in [1.54, 1.807) is 13.0 Å². The number of aromatic nitrogens is 1. The molecule has 4 nitrogen and oxygen atoms in total. The summed E-state index contributed by atoms with van der Waals surface area (Å²) in [6, 6.07) is 1.58. The van der Waals surface area contributed by atoms with Gasteiger partial charge in [0.2, 0.25) is 0 Å². The highest BCUT2D eigenvalue weighted by Gasteiger charge is 2.20. The van der Waals surface area contributed by atoms with Crippen LogP contribution in [0.5, 0.6) is 5.75 Å². The monoisotopic (exact) mass is 223 g/mol. The van der Waals surface area contributed by atoms with Crippen molar-refractivity contribution < 1.29 is 14.6 Å². The molecule has 1 aromatic heterocycles. The number of esters is 1. The minimum Gasteiger partial charge on any atom is -0.505 e. The minimum atomic E-state index is -0.520. The molecule has 16 heavy (non-hydrogen) atoms. The van der Waals surface area contributed by atoms with E-state index in [9.17, 15) is 9.90 Å². The lowest BCUT2D eigenvalue weighted by Gasteiger charge is -2.18. The van der Waals surface area contributed by atoms with Crippen LogP contribution in [-0.2, 0) is 10.2 Å². The molecule has 0 spiro atoms. The second-order valence-electron chi connectivity index (χ2n) is 4.56. The van der Waals surface area contributed by atoms with Crippen molar-refractivity contribution in [2.75, 3.05) is 6.61 Å². The largest absolute Gasteiger partial charge is 0.505 e. The highest BCUT2D eigenvalue weighted by molar-refractivity contribution is 5.92. The fourth-order valence-corrected chi connectivity index (χ4v) is 1.23.